The van der Waals surface area contributed by atoms with E-state index in [0.717, 1.165) is 16.6 Å². The minimum absolute atomic E-state index is 0.338. The van der Waals surface area contributed by atoms with Crippen LogP contribution in [-0.4, -0.2) is 4.98 Å². The summed E-state index contributed by atoms with van der Waals surface area (Å²) >= 11 is 0. The fourth-order valence-corrected chi connectivity index (χ4v) is 1.30. The second-order valence-electron chi connectivity index (χ2n) is 2.97. The van der Waals surface area contributed by atoms with Crippen LogP contribution in [0.2, 0.25) is 0 Å². The predicted octanol–water partition coefficient (Wildman–Crippen LogP) is 2.32. The lowest BCUT2D eigenvalue weighted by molar-refractivity contribution is 0.597. The molecule has 2 heterocycles. The van der Waals surface area contributed by atoms with Crippen molar-refractivity contribution in [2.45, 2.75) is 13.8 Å². The van der Waals surface area contributed by atoms with Gasteiger partial charge in [-0.3, -0.25) is 4.98 Å². The molecular formula is C10H8N2O. The number of hydrogen-bond acceptors (Lipinski definition) is 3. The summed E-state index contributed by atoms with van der Waals surface area (Å²) in [4.78, 5) is 4.15. The van der Waals surface area contributed by atoms with Gasteiger partial charge in [0.05, 0.1) is 6.20 Å². The second kappa shape index (κ2) is 2.60. The van der Waals surface area contributed by atoms with Gasteiger partial charge in [-0.1, -0.05) is 0 Å². The third-order valence-electron chi connectivity index (χ3n) is 2.19. The Morgan fingerprint density at radius 1 is 1.46 bits per heavy atom. The van der Waals surface area contributed by atoms with Crippen molar-refractivity contribution in [2.75, 3.05) is 0 Å². The average Bonchev–Trinajstić information content (AvgIpc) is 2.55. The highest BCUT2D eigenvalue weighted by Crippen LogP contribution is 2.22. The van der Waals surface area contributed by atoms with E-state index in [1.165, 1.54) is 0 Å². The van der Waals surface area contributed by atoms with Gasteiger partial charge in [-0.15, -0.1) is 0 Å². The molecule has 3 heteroatoms. The third kappa shape index (κ3) is 1.07. The predicted molar refractivity (Wildman–Crippen MR) is 48.2 cm³/mol. The fourth-order valence-electron chi connectivity index (χ4n) is 1.30. The number of fused-ring (bicyclic) bond motifs is 1. The molecule has 0 aliphatic heterocycles. The molecule has 0 N–H and O–H groups in total. The molecule has 0 aliphatic carbocycles. The van der Waals surface area contributed by atoms with Crippen LogP contribution in [0.5, 0.6) is 0 Å². The van der Waals surface area contributed by atoms with E-state index in [1.54, 1.807) is 12.3 Å². The Labute approximate surface area is 75.6 Å². The second-order valence-corrected chi connectivity index (χ2v) is 2.97. The van der Waals surface area contributed by atoms with Crippen molar-refractivity contribution < 1.29 is 4.42 Å². The van der Waals surface area contributed by atoms with E-state index in [-0.39, 0.29) is 0 Å². The Morgan fingerprint density at radius 3 is 2.92 bits per heavy atom. The molecule has 0 bridgehead atoms. The molecule has 0 saturated carbocycles. The number of aryl methyl sites for hydroxylation is 2. The monoisotopic (exact) mass is 172 g/mol. The molecule has 0 fully saturated rings. The highest BCUT2D eigenvalue weighted by molar-refractivity contribution is 5.81. The first-order valence-electron chi connectivity index (χ1n) is 3.98. The van der Waals surface area contributed by atoms with Gasteiger partial charge in [-0.05, 0) is 19.4 Å². The number of hydrogen-bond donors (Lipinski definition) is 0. The van der Waals surface area contributed by atoms with Gasteiger partial charge in [0, 0.05) is 17.1 Å². The minimum Gasteiger partial charge on any atom is -0.444 e. The van der Waals surface area contributed by atoms with E-state index in [4.69, 9.17) is 9.68 Å². The lowest BCUT2D eigenvalue weighted by atomic mass is 10.1. The molecule has 13 heavy (non-hydrogen) atoms. The Morgan fingerprint density at radius 2 is 2.23 bits per heavy atom. The zero-order valence-electron chi connectivity index (χ0n) is 7.46. The molecule has 64 valence electrons. The Hall–Kier alpha value is -1.82. The van der Waals surface area contributed by atoms with Crippen LogP contribution in [0.4, 0.5) is 0 Å². The van der Waals surface area contributed by atoms with Crippen LogP contribution in [0.1, 0.15) is 17.0 Å². The molecule has 0 spiro atoms. The van der Waals surface area contributed by atoms with Gasteiger partial charge in [0.25, 0.3) is 0 Å². The number of pyridine rings is 1. The lowest BCUT2D eigenvalue weighted by Crippen LogP contribution is -1.84. The van der Waals surface area contributed by atoms with Crippen molar-refractivity contribution in [1.82, 2.24) is 4.98 Å². The van der Waals surface area contributed by atoms with Crippen LogP contribution < -0.4 is 0 Å². The summed E-state index contributed by atoms with van der Waals surface area (Å²) < 4.78 is 5.23. The number of furan rings is 1. The maximum atomic E-state index is 8.63. The Bertz CT molecular complexity index is 505. The lowest BCUT2D eigenvalue weighted by Gasteiger charge is -1.97. The van der Waals surface area contributed by atoms with Crippen molar-refractivity contribution in [1.29, 1.82) is 5.26 Å². The van der Waals surface area contributed by atoms with Crippen LogP contribution in [0.3, 0.4) is 0 Å². The molecule has 0 aromatic carbocycles. The highest BCUT2D eigenvalue weighted by atomic mass is 16.3. The Kier molecular flexibility index (Phi) is 1.56. The van der Waals surface area contributed by atoms with E-state index < -0.39 is 0 Å². The summed E-state index contributed by atoms with van der Waals surface area (Å²) in [5.74, 6) is 0.338. The summed E-state index contributed by atoms with van der Waals surface area (Å²) in [7, 11) is 0. The summed E-state index contributed by atoms with van der Waals surface area (Å²) in [5.41, 5.74) is 2.72. The molecule has 0 unspecified atom stereocenters. The summed E-state index contributed by atoms with van der Waals surface area (Å²) in [6.45, 7) is 3.91. The normalized spacial score (nSPS) is 10.2. The quantitative estimate of drug-likeness (QED) is 0.612. The molecule has 2 rings (SSSR count). The van der Waals surface area contributed by atoms with Gasteiger partial charge in [-0.2, -0.15) is 5.26 Å². The van der Waals surface area contributed by atoms with E-state index >= 15 is 0 Å². The number of nitriles is 1. The van der Waals surface area contributed by atoms with E-state index in [0.29, 0.717) is 11.3 Å². The molecule has 3 nitrogen and oxygen atoms in total. The maximum Gasteiger partial charge on any atom is 0.204 e. The molecule has 0 saturated heterocycles. The molecular weight excluding hydrogens is 164 g/mol. The maximum absolute atomic E-state index is 8.63. The van der Waals surface area contributed by atoms with Crippen molar-refractivity contribution in [3.05, 3.63) is 29.3 Å². The van der Waals surface area contributed by atoms with Gasteiger partial charge in [0.2, 0.25) is 5.76 Å². The molecule has 2 aromatic heterocycles. The standard InChI is InChI=1S/C10H8N2O/c1-6-7(2)12-5-10-9(6)3-8(4-11)13-10/h3,5H,1-2H3. The molecule has 2 aromatic rings. The average molecular weight is 172 g/mol. The van der Waals surface area contributed by atoms with Crippen molar-refractivity contribution >= 4 is 11.0 Å². The number of aromatic nitrogens is 1. The van der Waals surface area contributed by atoms with Crippen LogP contribution >= 0.6 is 0 Å². The Balaban J connectivity index is 2.86. The van der Waals surface area contributed by atoms with E-state index in [9.17, 15) is 0 Å². The van der Waals surface area contributed by atoms with E-state index in [1.807, 2.05) is 19.9 Å². The zero-order valence-corrected chi connectivity index (χ0v) is 7.46. The highest BCUT2D eigenvalue weighted by Gasteiger charge is 2.07. The smallest absolute Gasteiger partial charge is 0.204 e. The topological polar surface area (TPSA) is 49.8 Å². The summed E-state index contributed by atoms with van der Waals surface area (Å²) in [6.07, 6.45) is 1.65. The minimum atomic E-state index is 0.338. The van der Waals surface area contributed by atoms with Crippen LogP contribution in [-0.2, 0) is 0 Å². The van der Waals surface area contributed by atoms with Gasteiger partial charge < -0.3 is 4.42 Å². The van der Waals surface area contributed by atoms with Crippen molar-refractivity contribution in [3.8, 4) is 6.07 Å². The van der Waals surface area contributed by atoms with Gasteiger partial charge in [0.15, 0.2) is 5.58 Å². The molecule has 0 amide bonds. The first kappa shape index (κ1) is 7.81. The number of nitrogens with zero attached hydrogens (tertiary/aromatic N) is 2. The summed E-state index contributed by atoms with van der Waals surface area (Å²) in [5, 5.41) is 9.61. The van der Waals surface area contributed by atoms with Crippen molar-refractivity contribution in [3.63, 3.8) is 0 Å². The fraction of sp³-hybridized carbons (Fsp3) is 0.200. The van der Waals surface area contributed by atoms with E-state index in [2.05, 4.69) is 4.98 Å². The SMILES string of the molecule is Cc1ncc2oc(C#N)cc2c1C. The first-order valence-corrected chi connectivity index (χ1v) is 3.98. The van der Waals surface area contributed by atoms with Gasteiger partial charge >= 0.3 is 0 Å². The van der Waals surface area contributed by atoms with Crippen LogP contribution in [0.25, 0.3) is 11.0 Å². The molecule has 0 atom stereocenters. The third-order valence-corrected chi connectivity index (χ3v) is 2.19. The zero-order chi connectivity index (χ0) is 9.42. The van der Waals surface area contributed by atoms with Crippen LogP contribution in [0.15, 0.2) is 16.7 Å². The molecule has 0 aliphatic rings. The first-order chi connectivity index (χ1) is 6.22. The van der Waals surface area contributed by atoms with Gasteiger partial charge in [0.1, 0.15) is 6.07 Å². The largest absolute Gasteiger partial charge is 0.444 e. The molecule has 0 radical (unpaired) electrons. The van der Waals surface area contributed by atoms with Crippen molar-refractivity contribution in [2.24, 2.45) is 0 Å². The summed E-state index contributed by atoms with van der Waals surface area (Å²) in [6, 6.07) is 3.72. The number of rotatable bonds is 0. The van der Waals surface area contributed by atoms with Gasteiger partial charge in [-0.25, -0.2) is 0 Å². The van der Waals surface area contributed by atoms with Crippen LogP contribution in [0, 0.1) is 25.2 Å².